The molecule has 1 aromatic rings. The van der Waals surface area contributed by atoms with Gasteiger partial charge >= 0.3 is 0 Å². The van der Waals surface area contributed by atoms with Crippen molar-refractivity contribution in [3.63, 3.8) is 0 Å². The summed E-state index contributed by atoms with van der Waals surface area (Å²) >= 11 is 5.72. The zero-order valence-electron chi connectivity index (χ0n) is 17.9. The average Bonchev–Trinajstić information content (AvgIpc) is 2.76. The second-order valence-corrected chi connectivity index (χ2v) is 7.88. The van der Waals surface area contributed by atoms with Gasteiger partial charge in [-0.2, -0.15) is 0 Å². The quantitative estimate of drug-likeness (QED) is 0.258. The predicted molar refractivity (Wildman–Crippen MR) is 120 cm³/mol. The van der Waals surface area contributed by atoms with Crippen LogP contribution < -0.4 is 22.1 Å². The summed E-state index contributed by atoms with van der Waals surface area (Å²) in [5.74, 6) is -1.29. The molecule has 168 valence electrons. The van der Waals surface area contributed by atoms with Crippen molar-refractivity contribution in [3.05, 3.63) is 35.9 Å². The van der Waals surface area contributed by atoms with Crippen LogP contribution in [-0.2, 0) is 20.8 Å². The van der Waals surface area contributed by atoms with Crippen molar-refractivity contribution in [3.8, 4) is 0 Å². The molecule has 0 fully saturated rings. The summed E-state index contributed by atoms with van der Waals surface area (Å²) in [6.45, 7) is 4.36. The topological polar surface area (TPSA) is 127 Å². The van der Waals surface area contributed by atoms with Crippen LogP contribution >= 0.6 is 11.6 Å². The van der Waals surface area contributed by atoms with E-state index in [1.54, 1.807) is 0 Å². The Morgan fingerprint density at radius 3 is 2.23 bits per heavy atom. The lowest BCUT2D eigenvalue weighted by Gasteiger charge is -2.25. The SMILES string of the molecule is CCC(C)[C@H](N)C(=O)N[C@@H](Cc1ccccc1)C(=O)NC(CCCCN)C(=O)CCl. The van der Waals surface area contributed by atoms with Crippen LogP contribution in [0.25, 0.3) is 0 Å². The molecule has 4 atom stereocenters. The van der Waals surface area contributed by atoms with Crippen LogP contribution in [0, 0.1) is 5.92 Å². The van der Waals surface area contributed by atoms with Gasteiger partial charge in [0.2, 0.25) is 11.8 Å². The molecular weight excluding hydrogens is 404 g/mol. The van der Waals surface area contributed by atoms with Crippen LogP contribution in [0.2, 0.25) is 0 Å². The summed E-state index contributed by atoms with van der Waals surface area (Å²) in [7, 11) is 0. The molecule has 0 radical (unpaired) electrons. The number of hydrogen-bond donors (Lipinski definition) is 4. The van der Waals surface area contributed by atoms with E-state index in [0.717, 1.165) is 18.4 Å². The lowest BCUT2D eigenvalue weighted by Crippen LogP contribution is -2.56. The Labute approximate surface area is 184 Å². The van der Waals surface area contributed by atoms with Crippen molar-refractivity contribution in [2.45, 2.75) is 64.1 Å². The van der Waals surface area contributed by atoms with Crippen LogP contribution in [0.4, 0.5) is 0 Å². The minimum absolute atomic E-state index is 0.0210. The second kappa shape index (κ2) is 14.1. The van der Waals surface area contributed by atoms with E-state index < -0.39 is 24.0 Å². The van der Waals surface area contributed by atoms with Gasteiger partial charge in [-0.3, -0.25) is 14.4 Å². The highest BCUT2D eigenvalue weighted by atomic mass is 35.5. The number of nitrogens with two attached hydrogens (primary N) is 2. The van der Waals surface area contributed by atoms with Crippen LogP contribution in [0.5, 0.6) is 0 Å². The summed E-state index contributed by atoms with van der Waals surface area (Å²) in [6, 6.07) is 7.09. The number of carbonyl (C=O) groups is 3. The molecular formula is C22H35ClN4O3. The monoisotopic (exact) mass is 438 g/mol. The van der Waals surface area contributed by atoms with Gasteiger partial charge in [-0.25, -0.2) is 0 Å². The van der Waals surface area contributed by atoms with Gasteiger partial charge < -0.3 is 22.1 Å². The first-order valence-corrected chi connectivity index (χ1v) is 11.1. The maximum absolute atomic E-state index is 13.0. The Hall–Kier alpha value is -1.96. The van der Waals surface area contributed by atoms with Gasteiger partial charge in [-0.1, -0.05) is 50.6 Å². The predicted octanol–water partition coefficient (Wildman–Crippen LogP) is 1.51. The third kappa shape index (κ3) is 8.81. The molecule has 0 saturated carbocycles. The van der Waals surface area contributed by atoms with Crippen LogP contribution in [0.3, 0.4) is 0 Å². The van der Waals surface area contributed by atoms with Gasteiger partial charge in [0.05, 0.1) is 18.0 Å². The summed E-state index contributed by atoms with van der Waals surface area (Å²) in [5.41, 5.74) is 12.4. The van der Waals surface area contributed by atoms with Crippen molar-refractivity contribution < 1.29 is 14.4 Å². The first kappa shape index (κ1) is 26.1. The third-order valence-corrected chi connectivity index (χ3v) is 5.52. The molecule has 0 heterocycles. The molecule has 7 nitrogen and oxygen atoms in total. The summed E-state index contributed by atoms with van der Waals surface area (Å²) in [6.07, 6.45) is 2.93. The smallest absolute Gasteiger partial charge is 0.243 e. The molecule has 0 spiro atoms. The van der Waals surface area contributed by atoms with Crippen molar-refractivity contribution in [1.29, 1.82) is 0 Å². The largest absolute Gasteiger partial charge is 0.344 e. The maximum Gasteiger partial charge on any atom is 0.243 e. The molecule has 2 amide bonds. The van der Waals surface area contributed by atoms with Crippen LogP contribution in [0.15, 0.2) is 30.3 Å². The molecule has 1 rings (SSSR count). The first-order valence-electron chi connectivity index (χ1n) is 10.5. The molecule has 30 heavy (non-hydrogen) atoms. The molecule has 0 aliphatic carbocycles. The lowest BCUT2D eigenvalue weighted by molar-refractivity contribution is -0.132. The van der Waals surface area contributed by atoms with Crippen molar-refractivity contribution in [2.24, 2.45) is 17.4 Å². The Morgan fingerprint density at radius 1 is 1.03 bits per heavy atom. The standard InChI is InChI=1S/C22H35ClN4O3/c1-3-15(2)20(25)22(30)27-18(13-16-9-5-4-6-10-16)21(29)26-17(19(28)14-23)11-7-8-12-24/h4-6,9-10,15,17-18,20H,3,7-8,11-14,24-25H2,1-2H3,(H,26,29)(H,27,30)/t15?,17?,18-,20-/m0/s1. The van der Waals surface area contributed by atoms with E-state index in [-0.39, 0.29) is 29.9 Å². The fourth-order valence-electron chi connectivity index (χ4n) is 3.01. The van der Waals surface area contributed by atoms with Gasteiger partial charge in [-0.15, -0.1) is 11.6 Å². The number of ketones is 1. The highest BCUT2D eigenvalue weighted by Crippen LogP contribution is 2.09. The Balaban J connectivity index is 2.95. The van der Waals surface area contributed by atoms with E-state index in [0.29, 0.717) is 19.4 Å². The number of alkyl halides is 1. The first-order chi connectivity index (χ1) is 14.3. The lowest BCUT2D eigenvalue weighted by atomic mass is 9.98. The number of carbonyl (C=O) groups excluding carboxylic acids is 3. The van der Waals surface area contributed by atoms with Gasteiger partial charge in [0, 0.05) is 6.42 Å². The number of Topliss-reactive ketones (excluding diaryl/α,β-unsaturated/α-hetero) is 1. The van der Waals surface area contributed by atoms with Gasteiger partial charge in [0.1, 0.15) is 6.04 Å². The molecule has 0 aromatic heterocycles. The van der Waals surface area contributed by atoms with Crippen LogP contribution in [0.1, 0.15) is 45.1 Å². The number of halogens is 1. The Kier molecular flexibility index (Phi) is 12.3. The Morgan fingerprint density at radius 2 is 1.67 bits per heavy atom. The molecule has 1 aromatic carbocycles. The molecule has 2 unspecified atom stereocenters. The van der Waals surface area contributed by atoms with Crippen molar-refractivity contribution in [1.82, 2.24) is 10.6 Å². The number of unbranched alkanes of at least 4 members (excludes halogenated alkanes) is 1. The molecule has 8 heteroatoms. The average molecular weight is 439 g/mol. The Bertz CT molecular complexity index is 672. The van der Waals surface area contributed by atoms with Gasteiger partial charge in [0.25, 0.3) is 0 Å². The minimum atomic E-state index is -0.852. The summed E-state index contributed by atoms with van der Waals surface area (Å²) < 4.78 is 0. The summed E-state index contributed by atoms with van der Waals surface area (Å²) in [4.78, 5) is 37.8. The van der Waals surface area contributed by atoms with E-state index in [2.05, 4.69) is 10.6 Å². The van der Waals surface area contributed by atoms with Gasteiger partial charge in [-0.05, 0) is 37.3 Å². The normalized spacial score (nSPS) is 15.0. The maximum atomic E-state index is 13.0. The number of hydrogen-bond acceptors (Lipinski definition) is 5. The molecule has 0 bridgehead atoms. The molecule has 0 saturated heterocycles. The molecule has 0 aliphatic rings. The van der Waals surface area contributed by atoms with Gasteiger partial charge in [0.15, 0.2) is 5.78 Å². The van der Waals surface area contributed by atoms with E-state index in [1.807, 2.05) is 44.2 Å². The number of rotatable bonds is 14. The zero-order valence-corrected chi connectivity index (χ0v) is 18.7. The fraction of sp³-hybridized carbons (Fsp3) is 0.591. The van der Waals surface area contributed by atoms with E-state index in [1.165, 1.54) is 0 Å². The fourth-order valence-corrected chi connectivity index (χ4v) is 3.20. The zero-order chi connectivity index (χ0) is 22.5. The van der Waals surface area contributed by atoms with E-state index >= 15 is 0 Å². The van der Waals surface area contributed by atoms with Crippen molar-refractivity contribution in [2.75, 3.05) is 12.4 Å². The van der Waals surface area contributed by atoms with E-state index in [4.69, 9.17) is 23.1 Å². The third-order valence-electron chi connectivity index (χ3n) is 5.26. The molecule has 0 aliphatic heterocycles. The van der Waals surface area contributed by atoms with E-state index in [9.17, 15) is 14.4 Å². The minimum Gasteiger partial charge on any atom is -0.344 e. The second-order valence-electron chi connectivity index (χ2n) is 7.61. The number of nitrogens with one attached hydrogen (secondary N) is 2. The molecule has 6 N–H and O–H groups in total. The summed E-state index contributed by atoms with van der Waals surface area (Å²) in [5, 5.41) is 5.53. The highest BCUT2D eigenvalue weighted by Gasteiger charge is 2.29. The van der Waals surface area contributed by atoms with Crippen molar-refractivity contribution >= 4 is 29.2 Å². The number of benzene rings is 1. The number of amides is 2. The van der Waals surface area contributed by atoms with Crippen LogP contribution in [-0.4, -0.2) is 48.1 Å². The highest BCUT2D eigenvalue weighted by molar-refractivity contribution is 6.28.